The Kier molecular flexibility index (Phi) is 9.67. The van der Waals surface area contributed by atoms with Crippen molar-refractivity contribution in [3.63, 3.8) is 0 Å². The molecule has 0 spiro atoms. The lowest BCUT2D eigenvalue weighted by atomic mass is 10.2. The first-order valence-electron chi connectivity index (χ1n) is 8.75. The Morgan fingerprint density at radius 1 is 0.962 bits per heavy atom. The lowest BCUT2D eigenvalue weighted by Gasteiger charge is -2.21. The van der Waals surface area contributed by atoms with E-state index < -0.39 is 0 Å². The van der Waals surface area contributed by atoms with Crippen molar-refractivity contribution in [1.29, 1.82) is 0 Å². The first-order valence-corrected chi connectivity index (χ1v) is 8.75. The zero-order chi connectivity index (χ0) is 18.3. The molecule has 136 valence electrons. The average Bonchev–Trinajstić information content (AvgIpc) is 2.69. The summed E-state index contributed by atoms with van der Waals surface area (Å²) in [5, 5.41) is 0. The zero-order valence-electron chi connectivity index (χ0n) is 15.2. The van der Waals surface area contributed by atoms with E-state index in [0.717, 1.165) is 37.4 Å². The predicted octanol–water partition coefficient (Wildman–Crippen LogP) is 3.41. The molecule has 0 aliphatic carbocycles. The van der Waals surface area contributed by atoms with Gasteiger partial charge in [0.15, 0.2) is 6.29 Å². The van der Waals surface area contributed by atoms with Crippen LogP contribution in [0.4, 0.5) is 0 Å². The van der Waals surface area contributed by atoms with Gasteiger partial charge in [-0.2, -0.15) is 0 Å². The molecule has 0 radical (unpaired) electrons. The molecular formula is C22H24O4. The van der Waals surface area contributed by atoms with Crippen LogP contribution in [-0.2, 0) is 9.47 Å². The van der Waals surface area contributed by atoms with E-state index >= 15 is 0 Å². The number of hydrogen-bond donors (Lipinski definition) is 0. The van der Waals surface area contributed by atoms with Gasteiger partial charge in [-0.3, -0.25) is 0 Å². The number of benzene rings is 1. The van der Waals surface area contributed by atoms with Crippen LogP contribution in [0.1, 0.15) is 32.1 Å². The topological polar surface area (TPSA) is 36.9 Å². The molecule has 4 heteroatoms. The van der Waals surface area contributed by atoms with Crippen LogP contribution >= 0.6 is 0 Å². The SMILES string of the molecule is COc1cccc(OCC#CCC#CCC#CCOC2CCCCO2)c1. The summed E-state index contributed by atoms with van der Waals surface area (Å²) in [6.07, 6.45) is 4.19. The van der Waals surface area contributed by atoms with E-state index in [9.17, 15) is 0 Å². The van der Waals surface area contributed by atoms with Crippen LogP contribution in [0.25, 0.3) is 0 Å². The van der Waals surface area contributed by atoms with Crippen molar-refractivity contribution in [3.8, 4) is 47.0 Å². The van der Waals surface area contributed by atoms with Gasteiger partial charge in [-0.15, -0.1) is 0 Å². The highest BCUT2D eigenvalue weighted by Gasteiger charge is 2.12. The van der Waals surface area contributed by atoms with Crippen LogP contribution in [0, 0.1) is 35.5 Å². The third-order valence-electron chi connectivity index (χ3n) is 3.56. The summed E-state index contributed by atoms with van der Waals surface area (Å²) in [6, 6.07) is 7.44. The highest BCUT2D eigenvalue weighted by Crippen LogP contribution is 2.18. The first-order chi connectivity index (χ1) is 12.9. The molecule has 4 nitrogen and oxygen atoms in total. The molecular weight excluding hydrogens is 328 g/mol. The van der Waals surface area contributed by atoms with Crippen LogP contribution in [0.5, 0.6) is 11.5 Å². The predicted molar refractivity (Wildman–Crippen MR) is 101 cm³/mol. The van der Waals surface area contributed by atoms with Crippen LogP contribution in [-0.4, -0.2) is 33.2 Å². The minimum atomic E-state index is -0.0846. The number of rotatable bonds is 5. The summed E-state index contributed by atoms with van der Waals surface area (Å²) in [4.78, 5) is 0. The molecule has 1 fully saturated rings. The standard InChI is InChI=1S/C22H24O4/c1-23-20-13-12-14-21(19-20)24-16-9-6-4-2-3-5-7-10-17-25-22-15-8-11-18-26-22/h12-14,19,22H,4-5,8,11,15-18H2,1H3. The van der Waals surface area contributed by atoms with Gasteiger partial charge in [0.2, 0.25) is 0 Å². The Hall–Kier alpha value is -2.58. The number of methoxy groups -OCH3 is 1. The van der Waals surface area contributed by atoms with Crippen LogP contribution in [0.15, 0.2) is 24.3 Å². The fourth-order valence-corrected chi connectivity index (χ4v) is 2.23. The van der Waals surface area contributed by atoms with Gasteiger partial charge in [-0.25, -0.2) is 0 Å². The average molecular weight is 352 g/mol. The van der Waals surface area contributed by atoms with Crippen molar-refractivity contribution >= 4 is 0 Å². The molecule has 0 saturated carbocycles. The van der Waals surface area contributed by atoms with Crippen molar-refractivity contribution in [1.82, 2.24) is 0 Å². The smallest absolute Gasteiger partial charge is 0.158 e. The van der Waals surface area contributed by atoms with E-state index in [2.05, 4.69) is 35.5 Å². The summed E-state index contributed by atoms with van der Waals surface area (Å²) in [7, 11) is 1.63. The Morgan fingerprint density at radius 2 is 1.69 bits per heavy atom. The number of hydrogen-bond acceptors (Lipinski definition) is 4. The van der Waals surface area contributed by atoms with E-state index in [1.807, 2.05) is 24.3 Å². The quantitative estimate of drug-likeness (QED) is 0.761. The molecule has 1 aliphatic rings. The molecule has 0 N–H and O–H groups in total. The second-order valence-corrected chi connectivity index (χ2v) is 5.49. The van der Waals surface area contributed by atoms with E-state index in [-0.39, 0.29) is 6.29 Å². The summed E-state index contributed by atoms with van der Waals surface area (Å²) in [5.74, 6) is 19.3. The van der Waals surface area contributed by atoms with Crippen LogP contribution in [0.3, 0.4) is 0 Å². The molecule has 0 amide bonds. The highest BCUT2D eigenvalue weighted by molar-refractivity contribution is 5.33. The highest BCUT2D eigenvalue weighted by atomic mass is 16.7. The lowest BCUT2D eigenvalue weighted by molar-refractivity contribution is -0.154. The van der Waals surface area contributed by atoms with Gasteiger partial charge in [-0.05, 0) is 31.4 Å². The second kappa shape index (κ2) is 12.7. The Bertz CT molecular complexity index is 715. The largest absolute Gasteiger partial charge is 0.497 e. The van der Waals surface area contributed by atoms with Gasteiger partial charge in [0.1, 0.15) is 24.7 Å². The maximum absolute atomic E-state index is 5.52. The van der Waals surface area contributed by atoms with Gasteiger partial charge in [0, 0.05) is 12.7 Å². The van der Waals surface area contributed by atoms with E-state index in [1.165, 1.54) is 0 Å². The fourth-order valence-electron chi connectivity index (χ4n) is 2.23. The second-order valence-electron chi connectivity index (χ2n) is 5.49. The van der Waals surface area contributed by atoms with Gasteiger partial charge in [0.25, 0.3) is 0 Å². The summed E-state index contributed by atoms with van der Waals surface area (Å²) in [5.41, 5.74) is 0. The molecule has 1 aliphatic heterocycles. The van der Waals surface area contributed by atoms with Gasteiger partial charge in [0.05, 0.1) is 20.0 Å². The molecule has 1 unspecified atom stereocenters. The maximum atomic E-state index is 5.52. The maximum Gasteiger partial charge on any atom is 0.158 e. The van der Waals surface area contributed by atoms with Gasteiger partial charge in [-0.1, -0.05) is 41.6 Å². The molecule has 1 saturated heterocycles. The first kappa shape index (κ1) is 19.7. The molecule has 1 heterocycles. The summed E-state index contributed by atoms with van der Waals surface area (Å²) >= 11 is 0. The van der Waals surface area contributed by atoms with E-state index in [4.69, 9.17) is 18.9 Å². The van der Waals surface area contributed by atoms with Crippen molar-refractivity contribution in [2.75, 3.05) is 26.9 Å². The molecule has 0 bridgehead atoms. The molecule has 2 rings (SSSR count). The Labute approximate surface area is 156 Å². The third-order valence-corrected chi connectivity index (χ3v) is 3.56. The van der Waals surface area contributed by atoms with E-state index in [0.29, 0.717) is 26.1 Å². The molecule has 26 heavy (non-hydrogen) atoms. The zero-order valence-corrected chi connectivity index (χ0v) is 15.2. The normalized spacial score (nSPS) is 15.3. The molecule has 1 aromatic carbocycles. The lowest BCUT2D eigenvalue weighted by Crippen LogP contribution is -2.22. The van der Waals surface area contributed by atoms with Gasteiger partial charge >= 0.3 is 0 Å². The summed E-state index contributed by atoms with van der Waals surface area (Å²) < 4.78 is 21.6. The molecule has 1 aromatic rings. The minimum absolute atomic E-state index is 0.0846. The fraction of sp³-hybridized carbons (Fsp3) is 0.455. The molecule has 0 aromatic heterocycles. The van der Waals surface area contributed by atoms with Crippen LogP contribution in [0.2, 0.25) is 0 Å². The van der Waals surface area contributed by atoms with Crippen molar-refractivity contribution in [2.45, 2.75) is 38.4 Å². The third kappa shape index (κ3) is 8.50. The number of ether oxygens (including phenoxy) is 4. The van der Waals surface area contributed by atoms with Gasteiger partial charge < -0.3 is 18.9 Å². The van der Waals surface area contributed by atoms with Crippen molar-refractivity contribution < 1.29 is 18.9 Å². The minimum Gasteiger partial charge on any atom is -0.497 e. The molecule has 1 atom stereocenters. The monoisotopic (exact) mass is 352 g/mol. The Balaban J connectivity index is 1.53. The Morgan fingerprint density at radius 3 is 2.42 bits per heavy atom. The summed E-state index contributed by atoms with van der Waals surface area (Å²) in [6.45, 7) is 1.51. The van der Waals surface area contributed by atoms with Crippen LogP contribution < -0.4 is 9.47 Å². The van der Waals surface area contributed by atoms with Crippen molar-refractivity contribution in [3.05, 3.63) is 24.3 Å². The van der Waals surface area contributed by atoms with Crippen molar-refractivity contribution in [2.24, 2.45) is 0 Å². The van der Waals surface area contributed by atoms with E-state index in [1.54, 1.807) is 7.11 Å².